The number of rotatable bonds is 6. The number of nitrogens with zero attached hydrogens (tertiary/aromatic N) is 3. The van der Waals surface area contributed by atoms with Crippen molar-refractivity contribution in [3.8, 4) is 5.69 Å². The SMILES string of the molecule is CCOC(=O)[C@H](C)Sc1nc2c([nH]c3ccccc32)c(=O)n1-c1ccc([N+](=O)[O-])cc1. The first kappa shape index (κ1) is 20.6. The highest BCUT2D eigenvalue weighted by atomic mass is 32.2. The van der Waals surface area contributed by atoms with Crippen LogP contribution >= 0.6 is 11.8 Å². The molecule has 1 N–H and O–H groups in total. The normalized spacial score (nSPS) is 12.2. The van der Waals surface area contributed by atoms with E-state index < -0.39 is 16.1 Å². The van der Waals surface area contributed by atoms with Gasteiger partial charge in [-0.25, -0.2) is 4.98 Å². The molecule has 0 saturated heterocycles. The summed E-state index contributed by atoms with van der Waals surface area (Å²) in [5, 5.41) is 11.5. The van der Waals surface area contributed by atoms with Crippen molar-refractivity contribution in [1.82, 2.24) is 14.5 Å². The van der Waals surface area contributed by atoms with Gasteiger partial charge < -0.3 is 9.72 Å². The van der Waals surface area contributed by atoms with Crippen molar-refractivity contribution in [2.24, 2.45) is 0 Å². The smallest absolute Gasteiger partial charge is 0.319 e. The lowest BCUT2D eigenvalue weighted by molar-refractivity contribution is -0.384. The third-order valence-electron chi connectivity index (χ3n) is 4.71. The van der Waals surface area contributed by atoms with E-state index in [1.165, 1.54) is 28.8 Å². The molecule has 9 nitrogen and oxygen atoms in total. The van der Waals surface area contributed by atoms with Crippen LogP contribution in [0.4, 0.5) is 5.69 Å². The van der Waals surface area contributed by atoms with Gasteiger partial charge in [0.25, 0.3) is 11.2 Å². The number of fused-ring (bicyclic) bond motifs is 3. The molecule has 2 heterocycles. The van der Waals surface area contributed by atoms with Crippen LogP contribution in [0.25, 0.3) is 27.6 Å². The topological polar surface area (TPSA) is 120 Å². The van der Waals surface area contributed by atoms with Gasteiger partial charge in [-0.2, -0.15) is 0 Å². The number of hydrogen-bond acceptors (Lipinski definition) is 7. The molecule has 1 atom stereocenters. The predicted octanol–water partition coefficient (Wildman–Crippen LogP) is 3.82. The Labute approximate surface area is 180 Å². The van der Waals surface area contributed by atoms with Crippen molar-refractivity contribution < 1.29 is 14.5 Å². The van der Waals surface area contributed by atoms with Crippen molar-refractivity contribution in [2.75, 3.05) is 6.61 Å². The zero-order chi connectivity index (χ0) is 22.1. The Morgan fingerprint density at radius 2 is 1.97 bits per heavy atom. The van der Waals surface area contributed by atoms with E-state index >= 15 is 0 Å². The van der Waals surface area contributed by atoms with E-state index in [2.05, 4.69) is 4.98 Å². The van der Waals surface area contributed by atoms with Gasteiger partial charge in [0.15, 0.2) is 5.16 Å². The van der Waals surface area contributed by atoms with Crippen molar-refractivity contribution in [1.29, 1.82) is 0 Å². The highest BCUT2D eigenvalue weighted by molar-refractivity contribution is 8.00. The average Bonchev–Trinajstić information content (AvgIpc) is 3.13. The van der Waals surface area contributed by atoms with Crippen molar-refractivity contribution >= 4 is 45.4 Å². The molecule has 2 aromatic carbocycles. The quantitative estimate of drug-likeness (QED) is 0.160. The van der Waals surface area contributed by atoms with Crippen LogP contribution in [0.3, 0.4) is 0 Å². The number of carbonyl (C=O) groups is 1. The average molecular weight is 438 g/mol. The number of carbonyl (C=O) groups excluding carboxylic acids is 1. The van der Waals surface area contributed by atoms with Crippen molar-refractivity contribution in [3.63, 3.8) is 0 Å². The molecule has 0 fully saturated rings. The minimum atomic E-state index is -0.612. The molecule has 158 valence electrons. The van der Waals surface area contributed by atoms with Gasteiger partial charge >= 0.3 is 5.97 Å². The molecule has 0 unspecified atom stereocenters. The number of aromatic amines is 1. The molecule has 10 heteroatoms. The van der Waals surface area contributed by atoms with E-state index in [1.807, 2.05) is 24.3 Å². The number of H-pyrrole nitrogens is 1. The van der Waals surface area contributed by atoms with Crippen LogP contribution in [0.1, 0.15) is 13.8 Å². The molecule has 0 spiro atoms. The predicted molar refractivity (Wildman–Crippen MR) is 118 cm³/mol. The zero-order valence-electron chi connectivity index (χ0n) is 16.7. The van der Waals surface area contributed by atoms with Crippen molar-refractivity contribution in [2.45, 2.75) is 24.3 Å². The third kappa shape index (κ3) is 3.77. The van der Waals surface area contributed by atoms with E-state index in [0.29, 0.717) is 16.7 Å². The molecule has 0 aliphatic rings. The van der Waals surface area contributed by atoms with Crippen LogP contribution in [0.2, 0.25) is 0 Å². The first-order chi connectivity index (χ1) is 14.9. The van der Waals surface area contributed by atoms with Gasteiger partial charge in [-0.3, -0.25) is 24.3 Å². The number of nitrogens with one attached hydrogen (secondary N) is 1. The Kier molecular flexibility index (Phi) is 5.47. The summed E-state index contributed by atoms with van der Waals surface area (Å²) in [5.41, 5.74) is 1.52. The first-order valence-electron chi connectivity index (χ1n) is 9.52. The molecule has 0 saturated carbocycles. The summed E-state index contributed by atoms with van der Waals surface area (Å²) in [6, 6.07) is 13.0. The number of esters is 1. The Hall–Kier alpha value is -3.66. The second-order valence-corrected chi connectivity index (χ2v) is 8.02. The summed E-state index contributed by atoms with van der Waals surface area (Å²) >= 11 is 1.09. The molecule has 0 amide bonds. The number of ether oxygens (including phenoxy) is 1. The van der Waals surface area contributed by atoms with E-state index in [9.17, 15) is 19.7 Å². The maximum absolute atomic E-state index is 13.4. The van der Waals surface area contributed by atoms with Crippen molar-refractivity contribution in [3.05, 3.63) is 69.0 Å². The lowest BCUT2D eigenvalue weighted by atomic mass is 10.2. The maximum atomic E-state index is 13.4. The van der Waals surface area contributed by atoms with Gasteiger partial charge in [0.2, 0.25) is 0 Å². The van der Waals surface area contributed by atoms with Gasteiger partial charge in [0.05, 0.1) is 17.2 Å². The number of nitro groups is 1. The maximum Gasteiger partial charge on any atom is 0.319 e. The summed E-state index contributed by atoms with van der Waals surface area (Å²) in [5.74, 6) is -0.420. The fraction of sp³-hybridized carbons (Fsp3) is 0.190. The fourth-order valence-electron chi connectivity index (χ4n) is 3.24. The third-order valence-corrected chi connectivity index (χ3v) is 5.74. The molecule has 0 radical (unpaired) electrons. The molecular weight excluding hydrogens is 420 g/mol. The lowest BCUT2D eigenvalue weighted by Gasteiger charge is -2.15. The van der Waals surface area contributed by atoms with Crippen LogP contribution < -0.4 is 5.56 Å². The Morgan fingerprint density at radius 1 is 1.26 bits per heavy atom. The number of para-hydroxylation sites is 1. The number of benzene rings is 2. The monoisotopic (exact) mass is 438 g/mol. The van der Waals surface area contributed by atoms with Gasteiger partial charge in [-0.15, -0.1) is 0 Å². The van der Waals surface area contributed by atoms with Crippen LogP contribution in [0, 0.1) is 10.1 Å². The zero-order valence-corrected chi connectivity index (χ0v) is 17.5. The summed E-state index contributed by atoms with van der Waals surface area (Å²) < 4.78 is 6.43. The molecule has 0 bridgehead atoms. The molecule has 2 aromatic heterocycles. The molecule has 4 rings (SSSR count). The van der Waals surface area contributed by atoms with E-state index in [1.54, 1.807) is 13.8 Å². The second kappa shape index (κ2) is 8.23. The van der Waals surface area contributed by atoms with Gasteiger partial charge in [-0.1, -0.05) is 30.0 Å². The van der Waals surface area contributed by atoms with Crippen LogP contribution in [0.5, 0.6) is 0 Å². The largest absolute Gasteiger partial charge is 0.465 e. The lowest BCUT2D eigenvalue weighted by Crippen LogP contribution is -2.24. The Morgan fingerprint density at radius 3 is 2.65 bits per heavy atom. The molecule has 0 aliphatic carbocycles. The Balaban J connectivity index is 1.94. The first-order valence-corrected chi connectivity index (χ1v) is 10.4. The van der Waals surface area contributed by atoms with E-state index in [0.717, 1.165) is 22.7 Å². The highest BCUT2D eigenvalue weighted by Crippen LogP contribution is 2.29. The Bertz CT molecular complexity index is 1360. The summed E-state index contributed by atoms with van der Waals surface area (Å²) in [7, 11) is 0. The number of non-ortho nitro benzene ring substituents is 1. The number of aromatic nitrogens is 3. The summed E-state index contributed by atoms with van der Waals surface area (Å²) in [6.07, 6.45) is 0. The minimum Gasteiger partial charge on any atom is -0.465 e. The summed E-state index contributed by atoms with van der Waals surface area (Å²) in [4.78, 5) is 43.9. The second-order valence-electron chi connectivity index (χ2n) is 6.71. The molecule has 4 aromatic rings. The number of hydrogen-bond donors (Lipinski definition) is 1. The van der Waals surface area contributed by atoms with Gasteiger partial charge in [0.1, 0.15) is 16.3 Å². The van der Waals surface area contributed by atoms with Gasteiger partial charge in [-0.05, 0) is 32.0 Å². The molecule has 31 heavy (non-hydrogen) atoms. The van der Waals surface area contributed by atoms with E-state index in [4.69, 9.17) is 9.72 Å². The molecular formula is C21H18N4O5S. The number of thioether (sulfide) groups is 1. The highest BCUT2D eigenvalue weighted by Gasteiger charge is 2.23. The fourth-order valence-corrected chi connectivity index (χ4v) is 4.16. The van der Waals surface area contributed by atoms with Crippen LogP contribution in [0.15, 0.2) is 58.5 Å². The van der Waals surface area contributed by atoms with Crippen LogP contribution in [-0.4, -0.2) is 37.3 Å². The summed E-state index contributed by atoms with van der Waals surface area (Å²) in [6.45, 7) is 3.64. The van der Waals surface area contributed by atoms with Gasteiger partial charge in [0, 0.05) is 23.0 Å². The minimum absolute atomic E-state index is 0.0921. The molecule has 0 aliphatic heterocycles. The van der Waals surface area contributed by atoms with E-state index in [-0.39, 0.29) is 23.0 Å². The standard InChI is InChI=1S/C21H18N4O5S/c1-3-30-20(27)12(2)31-21-23-17-15-6-4-5-7-16(15)22-18(17)19(26)24(21)13-8-10-14(11-9-13)25(28)29/h4-12,22H,3H2,1-2H3/t12-/m0/s1. The van der Waals surface area contributed by atoms with Crippen LogP contribution in [-0.2, 0) is 9.53 Å². The number of nitro benzene ring substituents is 1.